The number of rotatable bonds is 6. The van der Waals surface area contributed by atoms with Gasteiger partial charge in [0.2, 0.25) is 5.95 Å². The molecule has 0 saturated heterocycles. The van der Waals surface area contributed by atoms with Gasteiger partial charge in [0.15, 0.2) is 11.5 Å². The molecule has 0 amide bonds. The van der Waals surface area contributed by atoms with Crippen molar-refractivity contribution in [3.8, 4) is 11.3 Å². The summed E-state index contributed by atoms with van der Waals surface area (Å²) in [5.74, 6) is 2.24. The van der Waals surface area contributed by atoms with Crippen LogP contribution in [-0.4, -0.2) is 34.8 Å². The minimum absolute atomic E-state index is 0.444. The fourth-order valence-electron chi connectivity index (χ4n) is 3.56. The van der Waals surface area contributed by atoms with Crippen LogP contribution in [0, 0.1) is 12.3 Å². The molecule has 0 atom stereocenters. The number of nitrogens with one attached hydrogen (secondary N) is 2. The van der Waals surface area contributed by atoms with Crippen molar-refractivity contribution < 1.29 is 0 Å². The number of hydrogen-bond acceptors (Lipinski definition) is 6. The van der Waals surface area contributed by atoms with Crippen molar-refractivity contribution in [3.63, 3.8) is 0 Å². The number of H-pyrrole nitrogens is 1. The molecule has 0 aliphatic heterocycles. The van der Waals surface area contributed by atoms with E-state index in [1.165, 1.54) is 19.3 Å². The number of fused-ring (bicyclic) bond motifs is 1. The average molecular weight is 374 g/mol. The number of aromatic nitrogens is 7. The first-order chi connectivity index (χ1) is 13.6. The average Bonchev–Trinajstić information content (AvgIpc) is 3.21. The normalized spacial score (nSPS) is 15.1. The van der Waals surface area contributed by atoms with Crippen LogP contribution in [0.4, 0.5) is 11.8 Å². The summed E-state index contributed by atoms with van der Waals surface area (Å²) in [6.07, 6.45) is 8.56. The smallest absolute Gasteiger partial charge is 0.228 e. The van der Waals surface area contributed by atoms with E-state index in [4.69, 9.17) is 0 Å². The molecule has 1 saturated carbocycles. The van der Waals surface area contributed by atoms with Gasteiger partial charge in [0.05, 0.1) is 5.69 Å². The molecule has 1 aliphatic rings. The second-order valence-corrected chi connectivity index (χ2v) is 7.62. The van der Waals surface area contributed by atoms with Crippen molar-refractivity contribution in [2.24, 2.45) is 5.41 Å². The van der Waals surface area contributed by atoms with Gasteiger partial charge in [-0.05, 0) is 43.4 Å². The summed E-state index contributed by atoms with van der Waals surface area (Å²) < 4.78 is 2.09. The van der Waals surface area contributed by atoms with Crippen LogP contribution in [-0.2, 0) is 6.42 Å². The summed E-state index contributed by atoms with van der Waals surface area (Å²) in [5, 5.41) is 19.0. The lowest BCUT2D eigenvalue weighted by Crippen LogP contribution is -2.07. The SMILES string of the molecule is CCC1(Cc2nnc3cc(-c4ccnc(Nc5cc(C)[nH]n5)n4)ccn23)CC1. The largest absolute Gasteiger partial charge is 0.307 e. The number of pyridine rings is 1. The Labute approximate surface area is 162 Å². The van der Waals surface area contributed by atoms with Crippen LogP contribution in [0.3, 0.4) is 0 Å². The number of nitrogens with zero attached hydrogens (tertiary/aromatic N) is 6. The maximum Gasteiger partial charge on any atom is 0.228 e. The van der Waals surface area contributed by atoms with Gasteiger partial charge < -0.3 is 5.32 Å². The molecule has 8 nitrogen and oxygen atoms in total. The van der Waals surface area contributed by atoms with Crippen LogP contribution in [0.15, 0.2) is 36.7 Å². The highest BCUT2D eigenvalue weighted by atomic mass is 15.2. The van der Waals surface area contributed by atoms with Crippen molar-refractivity contribution in [3.05, 3.63) is 48.2 Å². The van der Waals surface area contributed by atoms with E-state index >= 15 is 0 Å². The van der Waals surface area contributed by atoms with E-state index in [9.17, 15) is 0 Å². The molecule has 28 heavy (non-hydrogen) atoms. The Kier molecular flexibility index (Phi) is 3.85. The lowest BCUT2D eigenvalue weighted by Gasteiger charge is -2.10. The first-order valence-corrected chi connectivity index (χ1v) is 9.60. The molecule has 0 spiro atoms. The summed E-state index contributed by atoms with van der Waals surface area (Å²) >= 11 is 0. The van der Waals surface area contributed by atoms with Crippen LogP contribution in [0.25, 0.3) is 16.9 Å². The zero-order valence-corrected chi connectivity index (χ0v) is 16.0. The monoisotopic (exact) mass is 374 g/mol. The standard InChI is InChI=1S/C20H22N8/c1-3-20(6-7-20)12-18-27-26-17-11-14(5-9-28(17)18)15-4-8-21-19(22-15)23-16-10-13(2)24-25-16/h4-5,8-11H,3,6-7,12H2,1-2H3,(H2,21,22,23,24,25). The fraction of sp³-hybridized carbons (Fsp3) is 0.350. The highest BCUT2D eigenvalue weighted by Crippen LogP contribution is 2.50. The maximum absolute atomic E-state index is 4.61. The molecular weight excluding hydrogens is 352 g/mol. The van der Waals surface area contributed by atoms with E-state index in [1.807, 2.05) is 31.3 Å². The molecular formula is C20H22N8. The molecule has 1 fully saturated rings. The third-order valence-corrected chi connectivity index (χ3v) is 5.62. The van der Waals surface area contributed by atoms with Gasteiger partial charge >= 0.3 is 0 Å². The molecule has 1 aliphatic carbocycles. The van der Waals surface area contributed by atoms with Crippen molar-refractivity contribution in [1.82, 2.24) is 34.8 Å². The van der Waals surface area contributed by atoms with Gasteiger partial charge in [-0.2, -0.15) is 5.10 Å². The predicted molar refractivity (Wildman–Crippen MR) is 106 cm³/mol. The maximum atomic E-state index is 4.61. The van der Waals surface area contributed by atoms with E-state index in [0.29, 0.717) is 17.2 Å². The first kappa shape index (κ1) is 16.9. The van der Waals surface area contributed by atoms with E-state index < -0.39 is 0 Å². The Hall–Kier alpha value is -3.29. The van der Waals surface area contributed by atoms with E-state index in [-0.39, 0.29) is 0 Å². The molecule has 8 heteroatoms. The van der Waals surface area contributed by atoms with Crippen LogP contribution in [0.1, 0.15) is 37.7 Å². The summed E-state index contributed by atoms with van der Waals surface area (Å²) in [5.41, 5.74) is 4.06. The van der Waals surface area contributed by atoms with Gasteiger partial charge in [-0.3, -0.25) is 9.50 Å². The van der Waals surface area contributed by atoms with Gasteiger partial charge in [-0.25, -0.2) is 9.97 Å². The summed E-state index contributed by atoms with van der Waals surface area (Å²) in [6.45, 7) is 4.21. The third-order valence-electron chi connectivity index (χ3n) is 5.62. The predicted octanol–water partition coefficient (Wildman–Crippen LogP) is 3.69. The second-order valence-electron chi connectivity index (χ2n) is 7.62. The van der Waals surface area contributed by atoms with Crippen LogP contribution in [0.2, 0.25) is 0 Å². The van der Waals surface area contributed by atoms with Gasteiger partial charge in [-0.15, -0.1) is 10.2 Å². The molecule has 4 aromatic rings. The van der Waals surface area contributed by atoms with Crippen molar-refractivity contribution in [1.29, 1.82) is 0 Å². The number of aromatic amines is 1. The molecule has 0 bridgehead atoms. The Balaban J connectivity index is 1.42. The lowest BCUT2D eigenvalue weighted by molar-refractivity contribution is 0.473. The second kappa shape index (κ2) is 6.40. The summed E-state index contributed by atoms with van der Waals surface area (Å²) in [4.78, 5) is 8.89. The van der Waals surface area contributed by atoms with Crippen molar-refractivity contribution >= 4 is 17.4 Å². The number of hydrogen-bond donors (Lipinski definition) is 2. The van der Waals surface area contributed by atoms with Crippen LogP contribution in [0.5, 0.6) is 0 Å². The summed E-state index contributed by atoms with van der Waals surface area (Å²) in [6, 6.07) is 7.87. The van der Waals surface area contributed by atoms with Crippen molar-refractivity contribution in [2.75, 3.05) is 5.32 Å². The Morgan fingerprint density at radius 2 is 2.11 bits per heavy atom. The minimum Gasteiger partial charge on any atom is -0.307 e. The van der Waals surface area contributed by atoms with Gasteiger partial charge in [0, 0.05) is 36.1 Å². The number of anilines is 2. The van der Waals surface area contributed by atoms with Gasteiger partial charge in [0.25, 0.3) is 0 Å². The van der Waals surface area contributed by atoms with E-state index in [2.05, 4.69) is 53.1 Å². The molecule has 0 radical (unpaired) electrons. The molecule has 0 unspecified atom stereocenters. The lowest BCUT2D eigenvalue weighted by atomic mass is 9.99. The molecule has 0 aromatic carbocycles. The quantitative estimate of drug-likeness (QED) is 0.534. The highest BCUT2D eigenvalue weighted by Gasteiger charge is 2.41. The molecule has 4 aromatic heterocycles. The van der Waals surface area contributed by atoms with Crippen LogP contribution < -0.4 is 5.32 Å². The zero-order valence-electron chi connectivity index (χ0n) is 16.0. The Morgan fingerprint density at radius 1 is 1.21 bits per heavy atom. The molecule has 2 N–H and O–H groups in total. The Morgan fingerprint density at radius 3 is 2.86 bits per heavy atom. The summed E-state index contributed by atoms with van der Waals surface area (Å²) in [7, 11) is 0. The number of aryl methyl sites for hydroxylation is 1. The Bertz CT molecular complexity index is 1140. The molecule has 142 valence electrons. The van der Waals surface area contributed by atoms with Crippen molar-refractivity contribution in [2.45, 2.75) is 39.5 Å². The van der Waals surface area contributed by atoms with Gasteiger partial charge in [0.1, 0.15) is 5.82 Å². The van der Waals surface area contributed by atoms with E-state index in [1.54, 1.807) is 6.20 Å². The first-order valence-electron chi connectivity index (χ1n) is 9.60. The molecule has 5 rings (SSSR count). The zero-order chi connectivity index (χ0) is 19.1. The molecule has 4 heterocycles. The van der Waals surface area contributed by atoms with Gasteiger partial charge in [-0.1, -0.05) is 13.3 Å². The highest BCUT2D eigenvalue weighted by molar-refractivity contribution is 5.65. The third kappa shape index (κ3) is 3.11. The minimum atomic E-state index is 0.444. The fourth-order valence-corrected chi connectivity index (χ4v) is 3.56. The topological polar surface area (TPSA) is 96.7 Å². The van der Waals surface area contributed by atoms with Crippen LogP contribution >= 0.6 is 0 Å². The van der Waals surface area contributed by atoms with E-state index in [0.717, 1.165) is 34.8 Å².